The van der Waals surface area contributed by atoms with Gasteiger partial charge < -0.3 is 20.5 Å². The fraction of sp³-hybridized carbons (Fsp3) is 0.240. The summed E-state index contributed by atoms with van der Waals surface area (Å²) in [5.41, 5.74) is 7.06. The maximum absolute atomic E-state index is 12.5. The van der Waals surface area contributed by atoms with E-state index in [-0.39, 0.29) is 6.42 Å². The van der Waals surface area contributed by atoms with Crippen LogP contribution in [0.5, 0.6) is 0 Å². The second-order valence-electron chi connectivity index (χ2n) is 7.59. The van der Waals surface area contributed by atoms with Crippen LogP contribution in [0.1, 0.15) is 18.9 Å². The SMILES string of the molecule is C[C@H](N)C(=O)OC(=O)CN(c1cccc2ccccc12)[C@@H](CCc1ccccc1)C(=O)O. The molecule has 0 unspecified atom stereocenters. The van der Waals surface area contributed by atoms with E-state index >= 15 is 0 Å². The Hall–Kier alpha value is -3.71. The van der Waals surface area contributed by atoms with Crippen molar-refractivity contribution in [2.75, 3.05) is 11.4 Å². The minimum absolute atomic E-state index is 0.261. The normalized spacial score (nSPS) is 12.7. The van der Waals surface area contributed by atoms with Gasteiger partial charge in [-0.25, -0.2) is 14.4 Å². The lowest BCUT2D eigenvalue weighted by atomic mass is 10.0. The number of hydrogen-bond donors (Lipinski definition) is 2. The van der Waals surface area contributed by atoms with Crippen molar-refractivity contribution in [1.29, 1.82) is 0 Å². The van der Waals surface area contributed by atoms with Crippen LogP contribution in [-0.4, -0.2) is 41.6 Å². The predicted octanol–water partition coefficient (Wildman–Crippen LogP) is 3.15. The summed E-state index contributed by atoms with van der Waals surface area (Å²) in [5, 5.41) is 11.8. The molecule has 32 heavy (non-hydrogen) atoms. The molecule has 2 atom stereocenters. The van der Waals surface area contributed by atoms with E-state index in [0.29, 0.717) is 12.1 Å². The van der Waals surface area contributed by atoms with Gasteiger partial charge in [-0.2, -0.15) is 0 Å². The quantitative estimate of drug-likeness (QED) is 0.393. The third-order valence-electron chi connectivity index (χ3n) is 5.17. The molecule has 7 nitrogen and oxygen atoms in total. The van der Waals surface area contributed by atoms with Gasteiger partial charge in [-0.1, -0.05) is 66.7 Å². The molecule has 3 N–H and O–H groups in total. The van der Waals surface area contributed by atoms with Crippen molar-refractivity contribution in [1.82, 2.24) is 0 Å². The topological polar surface area (TPSA) is 110 Å². The van der Waals surface area contributed by atoms with Crippen LogP contribution in [0.15, 0.2) is 72.8 Å². The summed E-state index contributed by atoms with van der Waals surface area (Å²) < 4.78 is 4.83. The smallest absolute Gasteiger partial charge is 0.333 e. The Balaban J connectivity index is 1.96. The van der Waals surface area contributed by atoms with Crippen molar-refractivity contribution in [3.8, 4) is 0 Å². The molecule has 0 aliphatic rings. The van der Waals surface area contributed by atoms with Gasteiger partial charge in [0.2, 0.25) is 0 Å². The van der Waals surface area contributed by atoms with Gasteiger partial charge in [-0.15, -0.1) is 0 Å². The number of carbonyl (C=O) groups is 3. The Morgan fingerprint density at radius 3 is 2.31 bits per heavy atom. The number of esters is 2. The Labute approximate surface area is 186 Å². The first-order valence-electron chi connectivity index (χ1n) is 10.4. The highest BCUT2D eigenvalue weighted by molar-refractivity contribution is 5.98. The fourth-order valence-corrected chi connectivity index (χ4v) is 3.56. The van der Waals surface area contributed by atoms with Gasteiger partial charge >= 0.3 is 17.9 Å². The van der Waals surface area contributed by atoms with Crippen LogP contribution >= 0.6 is 0 Å². The molecule has 0 saturated carbocycles. The second kappa shape index (κ2) is 10.5. The number of nitrogens with zero attached hydrogens (tertiary/aromatic N) is 1. The zero-order chi connectivity index (χ0) is 23.1. The lowest BCUT2D eigenvalue weighted by Crippen LogP contribution is -2.46. The number of carboxylic acids is 1. The average molecular weight is 434 g/mol. The molecular weight excluding hydrogens is 408 g/mol. The van der Waals surface area contributed by atoms with Crippen LogP contribution in [-0.2, 0) is 25.5 Å². The lowest BCUT2D eigenvalue weighted by molar-refractivity contribution is -0.159. The number of anilines is 1. The third kappa shape index (κ3) is 5.70. The van der Waals surface area contributed by atoms with Crippen molar-refractivity contribution in [2.24, 2.45) is 5.73 Å². The first-order chi connectivity index (χ1) is 15.4. The number of aryl methyl sites for hydroxylation is 1. The summed E-state index contributed by atoms with van der Waals surface area (Å²) in [7, 11) is 0. The molecule has 3 aromatic carbocycles. The van der Waals surface area contributed by atoms with Gasteiger partial charge in [-0.05, 0) is 36.8 Å². The molecule has 0 amide bonds. The molecule has 0 fully saturated rings. The number of aliphatic carboxylic acids is 1. The van der Waals surface area contributed by atoms with Gasteiger partial charge in [0.25, 0.3) is 0 Å². The van der Waals surface area contributed by atoms with Crippen molar-refractivity contribution in [3.05, 3.63) is 78.4 Å². The van der Waals surface area contributed by atoms with E-state index < -0.39 is 36.5 Å². The maximum atomic E-state index is 12.5. The zero-order valence-corrected chi connectivity index (χ0v) is 17.8. The summed E-state index contributed by atoms with van der Waals surface area (Å²) in [6, 6.07) is 20.6. The number of rotatable bonds is 9. The van der Waals surface area contributed by atoms with Crippen LogP contribution in [0.25, 0.3) is 10.8 Å². The molecule has 0 spiro atoms. The summed E-state index contributed by atoms with van der Waals surface area (Å²) in [6.07, 6.45) is 0.768. The minimum Gasteiger partial charge on any atom is -0.480 e. The average Bonchev–Trinajstić information content (AvgIpc) is 2.78. The van der Waals surface area contributed by atoms with Crippen molar-refractivity contribution >= 4 is 34.4 Å². The van der Waals surface area contributed by atoms with E-state index in [9.17, 15) is 19.5 Å². The standard InChI is InChI=1S/C25H26N2O5/c1-17(26)25(31)32-23(28)16-27(21-13-7-11-19-10-5-6-12-20(19)21)22(24(29)30)15-14-18-8-3-2-4-9-18/h2-13,17,22H,14-16,26H2,1H3,(H,29,30)/t17-,22-/m0/s1. The Bertz CT molecular complexity index is 1090. The van der Waals surface area contributed by atoms with E-state index in [1.54, 1.807) is 12.1 Å². The Morgan fingerprint density at radius 1 is 0.969 bits per heavy atom. The molecule has 0 saturated heterocycles. The highest BCUT2D eigenvalue weighted by Crippen LogP contribution is 2.29. The van der Waals surface area contributed by atoms with Gasteiger partial charge in [0.15, 0.2) is 0 Å². The number of nitrogens with two attached hydrogens (primary N) is 1. The number of benzene rings is 3. The highest BCUT2D eigenvalue weighted by Gasteiger charge is 2.30. The predicted molar refractivity (Wildman–Crippen MR) is 122 cm³/mol. The summed E-state index contributed by atoms with van der Waals surface area (Å²) in [5.74, 6) is -2.78. The highest BCUT2D eigenvalue weighted by atomic mass is 16.6. The van der Waals surface area contributed by atoms with E-state index in [4.69, 9.17) is 10.5 Å². The monoisotopic (exact) mass is 434 g/mol. The number of hydrogen-bond acceptors (Lipinski definition) is 6. The zero-order valence-electron chi connectivity index (χ0n) is 17.8. The number of fused-ring (bicyclic) bond motifs is 1. The fourth-order valence-electron chi connectivity index (χ4n) is 3.56. The first-order valence-corrected chi connectivity index (χ1v) is 10.4. The van der Waals surface area contributed by atoms with E-state index in [2.05, 4.69) is 0 Å². The van der Waals surface area contributed by atoms with Crippen LogP contribution in [0.4, 0.5) is 5.69 Å². The number of ether oxygens (including phenoxy) is 1. The molecule has 0 aliphatic heterocycles. The van der Waals surface area contributed by atoms with Crippen molar-refractivity contribution in [3.63, 3.8) is 0 Å². The van der Waals surface area contributed by atoms with E-state index in [1.807, 2.05) is 60.7 Å². The molecule has 3 aromatic rings. The van der Waals surface area contributed by atoms with Gasteiger partial charge in [0, 0.05) is 11.1 Å². The molecule has 0 bridgehead atoms. The lowest BCUT2D eigenvalue weighted by Gasteiger charge is -2.31. The molecular formula is C25H26N2O5. The Kier molecular flexibility index (Phi) is 7.57. The summed E-state index contributed by atoms with van der Waals surface area (Å²) in [4.78, 5) is 38.1. The molecule has 0 aliphatic carbocycles. The van der Waals surface area contributed by atoms with Crippen LogP contribution < -0.4 is 10.6 Å². The number of carboxylic acid groups (broad SMARTS) is 1. The van der Waals surface area contributed by atoms with Gasteiger partial charge in [0.1, 0.15) is 18.6 Å². The summed E-state index contributed by atoms with van der Waals surface area (Å²) in [6.45, 7) is 1.01. The van der Waals surface area contributed by atoms with Crippen molar-refractivity contribution < 1.29 is 24.2 Å². The van der Waals surface area contributed by atoms with Crippen LogP contribution in [0.2, 0.25) is 0 Å². The molecule has 166 valence electrons. The third-order valence-corrected chi connectivity index (χ3v) is 5.17. The summed E-state index contributed by atoms with van der Waals surface area (Å²) >= 11 is 0. The largest absolute Gasteiger partial charge is 0.480 e. The first kappa shape index (κ1) is 23.0. The Morgan fingerprint density at radius 2 is 1.62 bits per heavy atom. The maximum Gasteiger partial charge on any atom is 0.333 e. The minimum atomic E-state index is -1.07. The van der Waals surface area contributed by atoms with E-state index in [0.717, 1.165) is 16.3 Å². The van der Waals surface area contributed by atoms with E-state index in [1.165, 1.54) is 11.8 Å². The molecule has 0 heterocycles. The molecule has 7 heteroatoms. The molecule has 0 aromatic heterocycles. The van der Waals surface area contributed by atoms with Gasteiger partial charge in [-0.3, -0.25) is 0 Å². The van der Waals surface area contributed by atoms with Crippen LogP contribution in [0, 0.1) is 0 Å². The molecule has 0 radical (unpaired) electrons. The van der Waals surface area contributed by atoms with Gasteiger partial charge in [0.05, 0.1) is 0 Å². The second-order valence-corrected chi connectivity index (χ2v) is 7.59. The molecule has 3 rings (SSSR count). The van der Waals surface area contributed by atoms with Crippen LogP contribution in [0.3, 0.4) is 0 Å². The van der Waals surface area contributed by atoms with Crippen molar-refractivity contribution in [2.45, 2.75) is 31.8 Å². The number of carbonyl (C=O) groups excluding carboxylic acids is 2.